The number of nitrogens with one attached hydrogen (secondary N) is 1. The van der Waals surface area contributed by atoms with Gasteiger partial charge in [0.1, 0.15) is 18.8 Å². The van der Waals surface area contributed by atoms with Crippen molar-refractivity contribution in [3.05, 3.63) is 71.8 Å². The minimum absolute atomic E-state index is 0. The van der Waals surface area contributed by atoms with Gasteiger partial charge in [0.25, 0.3) is 0 Å². The standard InChI is InChI=1S/C24H37N3O10.C15H10N2O2.2CH4/c1-18(2)22(30)36-19(3)14-33-11-7-12-34-15-20(4)37-24(32)26-10-13-35-23(31)21(27-17-29)8-5-6-9-25-16-28;18-10-16-14-5-1-12(2-6-14)9-13-3-7-15(8-4-13)17-11-19;;/h19-21H,1,5-15H2,2-4H3,(H,26,32);1-8H,9H2;2*1H4. The third kappa shape index (κ3) is 26.6. The largest absolute Gasteiger partial charge is 0.462 e. The molecule has 2 rings (SSSR count). The molecule has 0 aliphatic carbocycles. The van der Waals surface area contributed by atoms with E-state index in [0.29, 0.717) is 49.4 Å². The summed E-state index contributed by atoms with van der Waals surface area (Å²) in [4.78, 5) is 89.9. The summed E-state index contributed by atoms with van der Waals surface area (Å²) < 4.78 is 26.1. The summed E-state index contributed by atoms with van der Waals surface area (Å²) in [5, 5.41) is 2.44. The van der Waals surface area contributed by atoms with E-state index in [1.165, 1.54) is 24.3 Å². The number of carbonyl (C=O) groups is 3. The molecule has 0 spiro atoms. The van der Waals surface area contributed by atoms with Crippen molar-refractivity contribution in [1.82, 2.24) is 5.32 Å². The molecule has 1 amide bonds. The van der Waals surface area contributed by atoms with E-state index >= 15 is 0 Å². The Hall–Kier alpha value is -6.17. The minimum Gasteiger partial charge on any atom is -0.462 e. The highest BCUT2D eigenvalue weighted by molar-refractivity contribution is 5.87. The fraction of sp³-hybridized carbons (Fsp3) is 0.488. The zero-order valence-corrected chi connectivity index (χ0v) is 31.7. The number of rotatable bonds is 25. The summed E-state index contributed by atoms with van der Waals surface area (Å²) in [6, 6.07) is 13.7. The highest BCUT2D eigenvalue weighted by atomic mass is 16.6. The van der Waals surface area contributed by atoms with Gasteiger partial charge in [0, 0.05) is 18.8 Å². The predicted molar refractivity (Wildman–Crippen MR) is 215 cm³/mol. The van der Waals surface area contributed by atoms with E-state index in [1.54, 1.807) is 45.0 Å². The third-order valence-corrected chi connectivity index (χ3v) is 7.04. The van der Waals surface area contributed by atoms with Gasteiger partial charge in [-0.15, -0.1) is 0 Å². The van der Waals surface area contributed by atoms with E-state index in [4.69, 9.17) is 23.7 Å². The second kappa shape index (κ2) is 34.1. The number of esters is 2. The number of isocyanates is 4. The van der Waals surface area contributed by atoms with Crippen LogP contribution >= 0.6 is 0 Å². The molecule has 3 atom stereocenters. The van der Waals surface area contributed by atoms with Gasteiger partial charge >= 0.3 is 18.0 Å². The van der Waals surface area contributed by atoms with Gasteiger partial charge in [0.2, 0.25) is 24.3 Å². The summed E-state index contributed by atoms with van der Waals surface area (Å²) in [5.41, 5.74) is 3.73. The van der Waals surface area contributed by atoms with E-state index in [9.17, 15) is 33.6 Å². The number of nitrogens with zero attached hydrogens (tertiary/aromatic N) is 4. The van der Waals surface area contributed by atoms with Gasteiger partial charge in [-0.05, 0) is 88.3 Å². The lowest BCUT2D eigenvalue weighted by Crippen LogP contribution is -2.33. The van der Waals surface area contributed by atoms with Crippen molar-refractivity contribution in [2.75, 3.05) is 46.1 Å². The van der Waals surface area contributed by atoms with Crippen molar-refractivity contribution in [1.29, 1.82) is 0 Å². The molecule has 0 aromatic heterocycles. The van der Waals surface area contributed by atoms with Crippen LogP contribution in [0, 0.1) is 0 Å². The van der Waals surface area contributed by atoms with Crippen LogP contribution in [0.25, 0.3) is 0 Å². The molecule has 17 heteroatoms. The normalized spacial score (nSPS) is 11.1. The first-order chi connectivity index (χ1) is 27.0. The Kier molecular flexibility index (Phi) is 31.7. The van der Waals surface area contributed by atoms with Gasteiger partial charge < -0.3 is 29.0 Å². The first-order valence-corrected chi connectivity index (χ1v) is 17.6. The number of benzene rings is 2. The van der Waals surface area contributed by atoms with Crippen LogP contribution in [0.2, 0.25) is 0 Å². The molecule has 316 valence electrons. The molecule has 58 heavy (non-hydrogen) atoms. The summed E-state index contributed by atoms with van der Waals surface area (Å²) >= 11 is 0. The summed E-state index contributed by atoms with van der Waals surface area (Å²) in [7, 11) is 0. The van der Waals surface area contributed by atoms with Gasteiger partial charge in [-0.25, -0.2) is 38.6 Å². The molecule has 0 fully saturated rings. The Morgan fingerprint density at radius 3 is 1.74 bits per heavy atom. The van der Waals surface area contributed by atoms with Crippen LogP contribution in [-0.4, -0.2) is 107 Å². The van der Waals surface area contributed by atoms with E-state index in [2.05, 4.69) is 31.9 Å². The highest BCUT2D eigenvalue weighted by Gasteiger charge is 2.19. The van der Waals surface area contributed by atoms with E-state index in [-0.39, 0.29) is 60.3 Å². The Balaban J connectivity index is 0. The molecule has 0 saturated carbocycles. The molecule has 0 saturated heterocycles. The molecule has 0 radical (unpaired) electrons. The number of hydrogen-bond acceptors (Lipinski definition) is 16. The SMILES string of the molecule is C.C.C=C(C)C(=O)OC(C)COCCCOCC(C)OC(=O)NCCOC(=O)C(CCCCN=C=O)N=C=O.O=C=Nc1ccc(Cc2ccc(N=C=O)cc2)cc1. The van der Waals surface area contributed by atoms with Crippen LogP contribution < -0.4 is 5.32 Å². The number of hydrogen-bond donors (Lipinski definition) is 1. The molecule has 3 unspecified atom stereocenters. The van der Waals surface area contributed by atoms with Crippen molar-refractivity contribution in [2.24, 2.45) is 20.0 Å². The van der Waals surface area contributed by atoms with Gasteiger partial charge in [0.05, 0.1) is 37.7 Å². The number of carbonyl (C=O) groups excluding carboxylic acids is 7. The van der Waals surface area contributed by atoms with Crippen LogP contribution in [0.1, 0.15) is 72.4 Å². The molecule has 1 N–H and O–H groups in total. The first kappa shape index (κ1) is 53.9. The van der Waals surface area contributed by atoms with Crippen molar-refractivity contribution < 1.29 is 57.2 Å². The van der Waals surface area contributed by atoms with Crippen LogP contribution in [0.4, 0.5) is 16.2 Å². The van der Waals surface area contributed by atoms with E-state index < -0.39 is 30.2 Å². The van der Waals surface area contributed by atoms with E-state index in [1.807, 2.05) is 24.3 Å². The maximum atomic E-state index is 12.0. The van der Waals surface area contributed by atoms with Crippen molar-refractivity contribution in [3.63, 3.8) is 0 Å². The minimum atomic E-state index is -1.00. The highest BCUT2D eigenvalue weighted by Crippen LogP contribution is 2.18. The number of ether oxygens (including phenoxy) is 5. The van der Waals surface area contributed by atoms with Crippen LogP contribution in [0.3, 0.4) is 0 Å². The Bertz CT molecular complexity index is 1650. The summed E-state index contributed by atoms with van der Waals surface area (Å²) in [5.74, 6) is -1.17. The number of unbranched alkanes of at least 4 members (excludes halogenated alkanes) is 1. The molecule has 0 heterocycles. The molecule has 0 aliphatic rings. The van der Waals surface area contributed by atoms with Crippen LogP contribution in [0.15, 0.2) is 80.7 Å². The molecule has 0 bridgehead atoms. The average Bonchev–Trinajstić information content (AvgIpc) is 3.17. The van der Waals surface area contributed by atoms with Crippen molar-refractivity contribution in [3.8, 4) is 0 Å². The van der Waals surface area contributed by atoms with Gasteiger partial charge in [-0.2, -0.15) is 15.0 Å². The summed E-state index contributed by atoms with van der Waals surface area (Å²) in [6.07, 6.45) is 6.80. The second-order valence-corrected chi connectivity index (χ2v) is 11.9. The fourth-order valence-electron chi connectivity index (χ4n) is 4.33. The average molecular weight is 810 g/mol. The lowest BCUT2D eigenvalue weighted by molar-refractivity contribution is -0.146. The summed E-state index contributed by atoms with van der Waals surface area (Å²) in [6.45, 7) is 9.85. The number of amides is 1. The number of aliphatic imine (C=N–C) groups is 4. The quantitative estimate of drug-likeness (QED) is 0.0292. The van der Waals surface area contributed by atoms with Gasteiger partial charge in [-0.3, -0.25) is 0 Å². The molecule has 0 aliphatic heterocycles. The second-order valence-electron chi connectivity index (χ2n) is 11.9. The Labute approximate surface area is 339 Å². The van der Waals surface area contributed by atoms with E-state index in [0.717, 1.165) is 17.5 Å². The smallest absolute Gasteiger partial charge is 0.407 e. The Morgan fingerprint density at radius 2 is 1.26 bits per heavy atom. The topological polar surface area (TPSA) is 227 Å². The van der Waals surface area contributed by atoms with Crippen LogP contribution in [-0.2, 0) is 58.9 Å². The third-order valence-electron chi connectivity index (χ3n) is 7.04. The molecule has 2 aromatic carbocycles. The monoisotopic (exact) mass is 809 g/mol. The van der Waals surface area contributed by atoms with Crippen LogP contribution in [0.5, 0.6) is 0 Å². The molecule has 2 aromatic rings. The lowest BCUT2D eigenvalue weighted by atomic mass is 10.0. The Morgan fingerprint density at radius 1 is 0.724 bits per heavy atom. The van der Waals surface area contributed by atoms with Gasteiger partial charge in [0.15, 0.2) is 6.04 Å². The maximum absolute atomic E-state index is 12.0. The number of alkyl carbamates (subject to hydrolysis) is 1. The molecule has 17 nitrogen and oxygen atoms in total. The first-order valence-electron chi connectivity index (χ1n) is 17.6. The fourth-order valence-corrected chi connectivity index (χ4v) is 4.33. The zero-order chi connectivity index (χ0) is 41.4. The van der Waals surface area contributed by atoms with Gasteiger partial charge in [-0.1, -0.05) is 45.7 Å². The predicted octanol–water partition coefficient (Wildman–Crippen LogP) is 6.27. The van der Waals surface area contributed by atoms with Crippen molar-refractivity contribution >= 4 is 53.7 Å². The zero-order valence-electron chi connectivity index (χ0n) is 31.7. The maximum Gasteiger partial charge on any atom is 0.407 e. The van der Waals surface area contributed by atoms with Crippen molar-refractivity contribution in [2.45, 2.75) is 86.0 Å². The molecular weight excluding hydrogens is 754 g/mol. The molecular formula is C41H55N5O12. The lowest BCUT2D eigenvalue weighted by Gasteiger charge is -2.15.